The summed E-state index contributed by atoms with van der Waals surface area (Å²) in [6.07, 6.45) is 2.74. The van der Waals surface area contributed by atoms with Gasteiger partial charge >= 0.3 is 0 Å². The van der Waals surface area contributed by atoms with Crippen LogP contribution < -0.4 is 19.9 Å². The Morgan fingerprint density at radius 3 is 2.10 bits per heavy atom. The summed E-state index contributed by atoms with van der Waals surface area (Å²) in [6.45, 7) is 7.08. The zero-order valence-electron chi connectivity index (χ0n) is 13.9. The Balaban J connectivity index is 2.95. The van der Waals surface area contributed by atoms with Gasteiger partial charge < -0.3 is 19.9 Å². The number of hydrogen-bond acceptors (Lipinski definition) is 4. The van der Waals surface area contributed by atoms with Crippen LogP contribution in [0.2, 0.25) is 0 Å². The van der Waals surface area contributed by atoms with Crippen LogP contribution in [0.15, 0.2) is 12.1 Å². The van der Waals surface area contributed by atoms with Crippen molar-refractivity contribution in [3.05, 3.63) is 17.7 Å². The summed E-state index contributed by atoms with van der Waals surface area (Å²) in [4.78, 5) is 0. The van der Waals surface area contributed by atoms with Crippen LogP contribution in [0, 0.1) is 5.92 Å². The molecule has 0 saturated carbocycles. The van der Waals surface area contributed by atoms with Crippen molar-refractivity contribution >= 4 is 0 Å². The summed E-state index contributed by atoms with van der Waals surface area (Å²) in [6, 6.07) is 4.12. The zero-order valence-corrected chi connectivity index (χ0v) is 13.9. The zero-order chi connectivity index (χ0) is 15.8. The molecule has 0 aliphatic heterocycles. The molecule has 0 amide bonds. The first-order valence-electron chi connectivity index (χ1n) is 7.65. The standard InChI is InChI=1S/C17H29NO3/c1-6-14(18)9-13-10-15(19-4)17(16(11-13)20-5)21-8-7-12(2)3/h10-12,14H,6-9,18H2,1-5H3. The minimum atomic E-state index is 0.145. The number of benzene rings is 1. The van der Waals surface area contributed by atoms with Crippen molar-refractivity contribution < 1.29 is 14.2 Å². The van der Waals surface area contributed by atoms with Gasteiger partial charge in [-0.05, 0) is 42.9 Å². The van der Waals surface area contributed by atoms with E-state index in [1.807, 2.05) is 12.1 Å². The Labute approximate surface area is 128 Å². The Kier molecular flexibility index (Phi) is 7.37. The molecule has 0 fully saturated rings. The monoisotopic (exact) mass is 295 g/mol. The second kappa shape index (κ2) is 8.78. The van der Waals surface area contributed by atoms with Crippen molar-refractivity contribution in [1.82, 2.24) is 0 Å². The normalized spacial score (nSPS) is 12.3. The van der Waals surface area contributed by atoms with E-state index in [1.165, 1.54) is 0 Å². The third-order valence-corrected chi connectivity index (χ3v) is 3.48. The molecule has 0 spiro atoms. The van der Waals surface area contributed by atoms with Gasteiger partial charge in [0.15, 0.2) is 11.5 Å². The van der Waals surface area contributed by atoms with E-state index in [2.05, 4.69) is 20.8 Å². The summed E-state index contributed by atoms with van der Waals surface area (Å²) < 4.78 is 16.8. The second-order valence-corrected chi connectivity index (χ2v) is 5.73. The van der Waals surface area contributed by atoms with Gasteiger partial charge in [0.25, 0.3) is 0 Å². The molecule has 120 valence electrons. The van der Waals surface area contributed by atoms with Gasteiger partial charge in [-0.25, -0.2) is 0 Å². The number of nitrogens with two attached hydrogens (primary N) is 1. The summed E-state index contributed by atoms with van der Waals surface area (Å²) in [5.41, 5.74) is 7.13. The maximum Gasteiger partial charge on any atom is 0.203 e. The molecule has 1 aromatic carbocycles. The van der Waals surface area contributed by atoms with E-state index in [4.69, 9.17) is 19.9 Å². The predicted molar refractivity (Wildman–Crippen MR) is 86.5 cm³/mol. The van der Waals surface area contributed by atoms with Crippen LogP contribution in [0.4, 0.5) is 0 Å². The van der Waals surface area contributed by atoms with Gasteiger partial charge in [0.2, 0.25) is 5.75 Å². The molecule has 2 N–H and O–H groups in total. The summed E-state index contributed by atoms with van der Waals surface area (Å²) in [5.74, 6) is 2.69. The molecular weight excluding hydrogens is 266 g/mol. The maximum atomic E-state index is 6.03. The number of hydrogen-bond donors (Lipinski definition) is 1. The topological polar surface area (TPSA) is 53.7 Å². The highest BCUT2D eigenvalue weighted by Crippen LogP contribution is 2.39. The van der Waals surface area contributed by atoms with E-state index in [9.17, 15) is 0 Å². The molecule has 0 aliphatic carbocycles. The van der Waals surface area contributed by atoms with Crippen molar-refractivity contribution in [2.75, 3.05) is 20.8 Å². The number of ether oxygens (including phenoxy) is 3. The Morgan fingerprint density at radius 2 is 1.67 bits per heavy atom. The molecule has 0 aliphatic rings. The third kappa shape index (κ3) is 5.46. The molecule has 1 atom stereocenters. The number of methoxy groups -OCH3 is 2. The van der Waals surface area contributed by atoms with Crippen molar-refractivity contribution in [2.45, 2.75) is 46.1 Å². The molecule has 0 radical (unpaired) electrons. The summed E-state index contributed by atoms with van der Waals surface area (Å²) in [7, 11) is 3.29. The van der Waals surface area contributed by atoms with Gasteiger partial charge in [0.1, 0.15) is 0 Å². The highest BCUT2D eigenvalue weighted by molar-refractivity contribution is 5.54. The van der Waals surface area contributed by atoms with Crippen LogP contribution in [-0.2, 0) is 6.42 Å². The first-order chi connectivity index (χ1) is 10.0. The maximum absolute atomic E-state index is 6.03. The van der Waals surface area contributed by atoms with Crippen LogP contribution in [-0.4, -0.2) is 26.9 Å². The lowest BCUT2D eigenvalue weighted by molar-refractivity contribution is 0.257. The number of rotatable bonds is 9. The van der Waals surface area contributed by atoms with E-state index in [1.54, 1.807) is 14.2 Å². The Hall–Kier alpha value is -1.42. The molecule has 1 unspecified atom stereocenters. The van der Waals surface area contributed by atoms with Crippen LogP contribution in [0.3, 0.4) is 0 Å². The average molecular weight is 295 g/mol. The molecular formula is C17H29NO3. The average Bonchev–Trinajstić information content (AvgIpc) is 2.47. The van der Waals surface area contributed by atoms with Crippen molar-refractivity contribution in [3.8, 4) is 17.2 Å². The highest BCUT2D eigenvalue weighted by Gasteiger charge is 2.15. The summed E-state index contributed by atoms with van der Waals surface area (Å²) >= 11 is 0. The fourth-order valence-corrected chi connectivity index (χ4v) is 2.04. The predicted octanol–water partition coefficient (Wildman–Crippen LogP) is 3.41. The van der Waals surface area contributed by atoms with Crippen molar-refractivity contribution in [2.24, 2.45) is 11.7 Å². The first-order valence-corrected chi connectivity index (χ1v) is 7.65. The molecule has 1 rings (SSSR count). The fourth-order valence-electron chi connectivity index (χ4n) is 2.04. The van der Waals surface area contributed by atoms with Gasteiger partial charge in [-0.15, -0.1) is 0 Å². The second-order valence-electron chi connectivity index (χ2n) is 5.73. The SMILES string of the molecule is CCC(N)Cc1cc(OC)c(OCCC(C)C)c(OC)c1. The summed E-state index contributed by atoms with van der Waals surface area (Å²) in [5, 5.41) is 0. The first kappa shape index (κ1) is 17.6. The molecule has 4 heteroatoms. The highest BCUT2D eigenvalue weighted by atomic mass is 16.5. The molecule has 0 heterocycles. The molecule has 0 bridgehead atoms. The van der Waals surface area contributed by atoms with Gasteiger partial charge in [0, 0.05) is 6.04 Å². The fraction of sp³-hybridized carbons (Fsp3) is 0.647. The van der Waals surface area contributed by atoms with Gasteiger partial charge in [0.05, 0.1) is 20.8 Å². The van der Waals surface area contributed by atoms with E-state index < -0.39 is 0 Å². The molecule has 0 saturated heterocycles. The van der Waals surface area contributed by atoms with Crippen LogP contribution in [0.1, 0.15) is 39.2 Å². The van der Waals surface area contributed by atoms with E-state index in [0.29, 0.717) is 29.8 Å². The lowest BCUT2D eigenvalue weighted by atomic mass is 10.0. The third-order valence-electron chi connectivity index (χ3n) is 3.48. The van der Waals surface area contributed by atoms with Crippen LogP contribution in [0.5, 0.6) is 17.2 Å². The lowest BCUT2D eigenvalue weighted by Gasteiger charge is -2.17. The van der Waals surface area contributed by atoms with Crippen molar-refractivity contribution in [1.29, 1.82) is 0 Å². The van der Waals surface area contributed by atoms with E-state index >= 15 is 0 Å². The van der Waals surface area contributed by atoms with Crippen LogP contribution in [0.25, 0.3) is 0 Å². The molecule has 1 aromatic rings. The Bertz CT molecular complexity index is 407. The molecule has 21 heavy (non-hydrogen) atoms. The molecule has 4 nitrogen and oxygen atoms in total. The smallest absolute Gasteiger partial charge is 0.203 e. The van der Waals surface area contributed by atoms with Crippen LogP contribution >= 0.6 is 0 Å². The van der Waals surface area contributed by atoms with E-state index in [0.717, 1.165) is 24.8 Å². The van der Waals surface area contributed by atoms with Gasteiger partial charge in [-0.3, -0.25) is 0 Å². The quantitative estimate of drug-likeness (QED) is 0.758. The lowest BCUT2D eigenvalue weighted by Crippen LogP contribution is -2.21. The van der Waals surface area contributed by atoms with E-state index in [-0.39, 0.29) is 6.04 Å². The Morgan fingerprint density at radius 1 is 1.10 bits per heavy atom. The van der Waals surface area contributed by atoms with Gasteiger partial charge in [-0.2, -0.15) is 0 Å². The minimum Gasteiger partial charge on any atom is -0.493 e. The van der Waals surface area contributed by atoms with Gasteiger partial charge in [-0.1, -0.05) is 20.8 Å². The molecule has 0 aromatic heterocycles. The minimum absolute atomic E-state index is 0.145. The largest absolute Gasteiger partial charge is 0.493 e. The van der Waals surface area contributed by atoms with Crippen molar-refractivity contribution in [3.63, 3.8) is 0 Å².